The molecule has 0 aliphatic heterocycles. The molecule has 0 spiro atoms. The number of hydrogen-bond donors (Lipinski definition) is 0. The van der Waals surface area contributed by atoms with Gasteiger partial charge in [0.25, 0.3) is 0 Å². The van der Waals surface area contributed by atoms with E-state index in [1.165, 1.54) is 27.8 Å². The Labute approximate surface area is 127 Å². The predicted molar refractivity (Wildman–Crippen MR) is 90.6 cm³/mol. The third-order valence-corrected chi connectivity index (χ3v) is 4.06. The van der Waals surface area contributed by atoms with E-state index in [4.69, 9.17) is 0 Å². The minimum absolute atomic E-state index is 0.426. The van der Waals surface area contributed by atoms with E-state index >= 15 is 0 Å². The van der Waals surface area contributed by atoms with Gasteiger partial charge in [-0.05, 0) is 29.2 Å². The fourth-order valence-corrected chi connectivity index (χ4v) is 2.73. The fraction of sp³-hybridized carbons (Fsp3) is 0.143. The lowest BCUT2D eigenvalue weighted by Gasteiger charge is -2.14. The summed E-state index contributed by atoms with van der Waals surface area (Å²) in [5.74, 6) is 0.426. The minimum Gasteiger partial charge on any atom is -0.0622 e. The van der Waals surface area contributed by atoms with Crippen LogP contribution < -0.4 is 0 Å². The van der Waals surface area contributed by atoms with E-state index in [1.807, 2.05) is 0 Å². The van der Waals surface area contributed by atoms with E-state index in [0.717, 1.165) is 0 Å². The van der Waals surface area contributed by atoms with Crippen molar-refractivity contribution in [3.63, 3.8) is 0 Å². The second-order valence-electron chi connectivity index (χ2n) is 5.62. The van der Waals surface area contributed by atoms with Crippen molar-refractivity contribution < 1.29 is 0 Å². The highest BCUT2D eigenvalue weighted by Gasteiger charge is 2.08. The van der Waals surface area contributed by atoms with E-state index < -0.39 is 0 Å². The van der Waals surface area contributed by atoms with Crippen LogP contribution in [0.15, 0.2) is 78.9 Å². The number of benzene rings is 3. The monoisotopic (exact) mass is 272 g/mol. The summed E-state index contributed by atoms with van der Waals surface area (Å²) in [5, 5.41) is 0. The third-order valence-electron chi connectivity index (χ3n) is 4.06. The Morgan fingerprint density at radius 1 is 0.619 bits per heavy atom. The molecule has 0 amide bonds. The Morgan fingerprint density at radius 3 is 1.95 bits per heavy atom. The van der Waals surface area contributed by atoms with Crippen LogP contribution in [0.5, 0.6) is 0 Å². The Hall–Kier alpha value is -2.34. The molecular weight excluding hydrogens is 252 g/mol. The first-order valence-corrected chi connectivity index (χ1v) is 7.46. The zero-order valence-electron chi connectivity index (χ0n) is 12.6. The lowest BCUT2D eigenvalue weighted by molar-refractivity contribution is 0.920. The summed E-state index contributed by atoms with van der Waals surface area (Å²) in [4.78, 5) is 0. The third kappa shape index (κ3) is 3.05. The molecule has 0 bridgehead atoms. The van der Waals surface area contributed by atoms with Crippen molar-refractivity contribution in [2.45, 2.75) is 19.8 Å². The van der Waals surface area contributed by atoms with Crippen molar-refractivity contribution in [1.82, 2.24) is 0 Å². The Morgan fingerprint density at radius 2 is 1.29 bits per heavy atom. The molecule has 0 saturated heterocycles. The number of hydrogen-bond acceptors (Lipinski definition) is 0. The van der Waals surface area contributed by atoms with Crippen molar-refractivity contribution in [3.05, 3.63) is 95.6 Å². The normalized spacial score (nSPS) is 12.1. The van der Waals surface area contributed by atoms with Crippen LogP contribution in [-0.2, 0) is 0 Å². The molecule has 0 fully saturated rings. The standard InChI is InChI=1S/C21H20/c1-16-7-6-10-21(15-16)17(2)18-11-13-20(14-12-18)19-8-4-3-5-9-19/h3-15,17H,1-2H3. The molecule has 0 heterocycles. The van der Waals surface area contributed by atoms with Gasteiger partial charge in [0.15, 0.2) is 0 Å². The summed E-state index contributed by atoms with van der Waals surface area (Å²) in [5.41, 5.74) is 6.60. The lowest BCUT2D eigenvalue weighted by Crippen LogP contribution is -1.96. The molecule has 3 aromatic carbocycles. The summed E-state index contributed by atoms with van der Waals surface area (Å²) in [6.45, 7) is 4.42. The van der Waals surface area contributed by atoms with Gasteiger partial charge in [-0.3, -0.25) is 0 Å². The van der Waals surface area contributed by atoms with Gasteiger partial charge in [-0.25, -0.2) is 0 Å². The molecule has 0 aromatic heterocycles. The molecule has 21 heavy (non-hydrogen) atoms. The van der Waals surface area contributed by atoms with Crippen LogP contribution in [-0.4, -0.2) is 0 Å². The molecule has 104 valence electrons. The van der Waals surface area contributed by atoms with Gasteiger partial charge in [0.1, 0.15) is 0 Å². The maximum Gasteiger partial charge on any atom is 0.00611 e. The molecule has 0 N–H and O–H groups in total. The van der Waals surface area contributed by atoms with Crippen molar-refractivity contribution in [3.8, 4) is 11.1 Å². The summed E-state index contributed by atoms with van der Waals surface area (Å²) in [6, 6.07) is 28.2. The first kappa shape index (κ1) is 13.6. The average Bonchev–Trinajstić information content (AvgIpc) is 2.55. The first-order chi connectivity index (χ1) is 10.2. The molecule has 3 rings (SSSR count). The molecule has 0 radical (unpaired) electrons. The van der Waals surface area contributed by atoms with Crippen molar-refractivity contribution >= 4 is 0 Å². The van der Waals surface area contributed by atoms with Crippen LogP contribution in [0.2, 0.25) is 0 Å². The van der Waals surface area contributed by atoms with Crippen LogP contribution in [0, 0.1) is 6.92 Å². The molecule has 0 heteroatoms. The molecule has 0 aliphatic carbocycles. The van der Waals surface area contributed by atoms with Crippen LogP contribution >= 0.6 is 0 Å². The van der Waals surface area contributed by atoms with Gasteiger partial charge in [0, 0.05) is 5.92 Å². The second kappa shape index (κ2) is 5.97. The Bertz CT molecular complexity index is 709. The molecular formula is C21H20. The minimum atomic E-state index is 0.426. The quantitative estimate of drug-likeness (QED) is 0.564. The van der Waals surface area contributed by atoms with Gasteiger partial charge in [-0.1, -0.05) is 91.3 Å². The lowest BCUT2D eigenvalue weighted by atomic mass is 9.91. The molecule has 1 unspecified atom stereocenters. The molecule has 0 nitrogen and oxygen atoms in total. The Kier molecular flexibility index (Phi) is 3.87. The largest absolute Gasteiger partial charge is 0.0622 e. The molecule has 1 atom stereocenters. The molecule has 3 aromatic rings. The highest BCUT2D eigenvalue weighted by Crippen LogP contribution is 2.27. The molecule has 0 aliphatic rings. The van der Waals surface area contributed by atoms with Crippen LogP contribution in [0.4, 0.5) is 0 Å². The van der Waals surface area contributed by atoms with Gasteiger partial charge in [0.2, 0.25) is 0 Å². The fourth-order valence-electron chi connectivity index (χ4n) is 2.73. The van der Waals surface area contributed by atoms with Crippen molar-refractivity contribution in [2.75, 3.05) is 0 Å². The van der Waals surface area contributed by atoms with E-state index in [-0.39, 0.29) is 0 Å². The van der Waals surface area contributed by atoms with E-state index in [2.05, 4.69) is 92.7 Å². The summed E-state index contributed by atoms with van der Waals surface area (Å²) < 4.78 is 0. The van der Waals surface area contributed by atoms with Gasteiger partial charge in [-0.2, -0.15) is 0 Å². The van der Waals surface area contributed by atoms with Gasteiger partial charge in [-0.15, -0.1) is 0 Å². The summed E-state index contributed by atoms with van der Waals surface area (Å²) >= 11 is 0. The average molecular weight is 272 g/mol. The van der Waals surface area contributed by atoms with Crippen LogP contribution in [0.3, 0.4) is 0 Å². The maximum atomic E-state index is 2.27. The number of rotatable bonds is 3. The van der Waals surface area contributed by atoms with Gasteiger partial charge >= 0.3 is 0 Å². The highest BCUT2D eigenvalue weighted by molar-refractivity contribution is 5.63. The SMILES string of the molecule is Cc1cccc(C(C)c2ccc(-c3ccccc3)cc2)c1. The summed E-state index contributed by atoms with van der Waals surface area (Å²) in [6.07, 6.45) is 0. The smallest absolute Gasteiger partial charge is 0.00611 e. The van der Waals surface area contributed by atoms with E-state index in [0.29, 0.717) is 5.92 Å². The summed E-state index contributed by atoms with van der Waals surface area (Å²) in [7, 11) is 0. The molecule has 0 saturated carbocycles. The topological polar surface area (TPSA) is 0 Å². The highest BCUT2D eigenvalue weighted by atomic mass is 14.1. The number of aryl methyl sites for hydroxylation is 1. The first-order valence-electron chi connectivity index (χ1n) is 7.46. The predicted octanol–water partition coefficient (Wildman–Crippen LogP) is 5.81. The van der Waals surface area contributed by atoms with Crippen molar-refractivity contribution in [1.29, 1.82) is 0 Å². The zero-order chi connectivity index (χ0) is 14.7. The van der Waals surface area contributed by atoms with E-state index in [1.54, 1.807) is 0 Å². The second-order valence-corrected chi connectivity index (χ2v) is 5.62. The van der Waals surface area contributed by atoms with E-state index in [9.17, 15) is 0 Å². The van der Waals surface area contributed by atoms with Crippen LogP contribution in [0.1, 0.15) is 29.5 Å². The Balaban J connectivity index is 1.87. The van der Waals surface area contributed by atoms with Gasteiger partial charge < -0.3 is 0 Å². The van der Waals surface area contributed by atoms with Crippen LogP contribution in [0.25, 0.3) is 11.1 Å². The zero-order valence-corrected chi connectivity index (χ0v) is 12.6. The van der Waals surface area contributed by atoms with Gasteiger partial charge in [0.05, 0.1) is 0 Å². The van der Waals surface area contributed by atoms with Crippen molar-refractivity contribution in [2.24, 2.45) is 0 Å². The maximum absolute atomic E-state index is 2.27.